The van der Waals surface area contributed by atoms with Crippen LogP contribution in [0.15, 0.2) is 73.1 Å². The largest absolute Gasteiger partial charge is 0.387 e. The highest BCUT2D eigenvalue weighted by Crippen LogP contribution is 2.20. The molecule has 0 aliphatic carbocycles. The molecule has 2 aromatic carbocycles. The lowest BCUT2D eigenvalue weighted by Gasteiger charge is -2.10. The van der Waals surface area contributed by atoms with Gasteiger partial charge in [-0.1, -0.05) is 30.3 Å². The molecule has 3 rings (SSSR count). The van der Waals surface area contributed by atoms with Crippen LogP contribution in [0.3, 0.4) is 0 Å². The van der Waals surface area contributed by atoms with Gasteiger partial charge < -0.3 is 15.7 Å². The van der Waals surface area contributed by atoms with Crippen LogP contribution in [-0.4, -0.2) is 22.6 Å². The van der Waals surface area contributed by atoms with Crippen molar-refractivity contribution in [3.05, 3.63) is 78.6 Å². The quantitative estimate of drug-likeness (QED) is 0.647. The van der Waals surface area contributed by atoms with Crippen LogP contribution in [-0.2, 0) is 11.3 Å². The summed E-state index contributed by atoms with van der Waals surface area (Å²) in [5.74, 6) is -0.429. The maximum Gasteiger partial charge on any atom is 0.250 e. The van der Waals surface area contributed by atoms with Gasteiger partial charge >= 0.3 is 0 Å². The van der Waals surface area contributed by atoms with E-state index in [9.17, 15) is 4.79 Å². The van der Waals surface area contributed by atoms with Crippen LogP contribution in [0.25, 0.3) is 11.1 Å². The van der Waals surface area contributed by atoms with E-state index in [0.29, 0.717) is 12.2 Å². The number of hydrogen-bond acceptors (Lipinski definition) is 4. The molecule has 0 atom stereocenters. The van der Waals surface area contributed by atoms with Crippen molar-refractivity contribution in [1.82, 2.24) is 4.98 Å². The van der Waals surface area contributed by atoms with E-state index in [1.165, 1.54) is 0 Å². The van der Waals surface area contributed by atoms with Crippen molar-refractivity contribution in [3.8, 4) is 11.1 Å². The van der Waals surface area contributed by atoms with E-state index in [1.54, 1.807) is 12.3 Å². The minimum Gasteiger partial charge on any atom is -0.387 e. The zero-order valence-corrected chi connectivity index (χ0v) is 13.6. The Kier molecular flexibility index (Phi) is 5.39. The smallest absolute Gasteiger partial charge is 0.250 e. The van der Waals surface area contributed by atoms with Gasteiger partial charge in [0.05, 0.1) is 0 Å². The Labute approximate surface area is 146 Å². The number of benzene rings is 2. The zero-order chi connectivity index (χ0) is 17.5. The fraction of sp³-hybridized carbons (Fsp3) is 0.100. The number of carbonyl (C=O) groups is 1. The third-order valence-electron chi connectivity index (χ3n) is 3.71. The van der Waals surface area contributed by atoms with E-state index in [4.69, 9.17) is 5.11 Å². The number of nitrogens with zero attached hydrogens (tertiary/aromatic N) is 1. The Morgan fingerprint density at radius 3 is 2.56 bits per heavy atom. The zero-order valence-electron chi connectivity index (χ0n) is 13.6. The lowest BCUT2D eigenvalue weighted by molar-refractivity contribution is -0.118. The fourth-order valence-corrected chi connectivity index (χ4v) is 2.51. The molecule has 0 saturated carbocycles. The molecule has 0 unspecified atom stereocenters. The Morgan fingerprint density at radius 2 is 1.76 bits per heavy atom. The van der Waals surface area contributed by atoms with Crippen LogP contribution >= 0.6 is 0 Å². The van der Waals surface area contributed by atoms with Crippen LogP contribution < -0.4 is 10.6 Å². The van der Waals surface area contributed by atoms with Gasteiger partial charge in [0.25, 0.3) is 0 Å². The van der Waals surface area contributed by atoms with Crippen LogP contribution in [0.4, 0.5) is 11.4 Å². The van der Waals surface area contributed by atoms with Gasteiger partial charge in [-0.15, -0.1) is 0 Å². The molecule has 3 N–H and O–H groups in total. The summed E-state index contributed by atoms with van der Waals surface area (Å²) in [5.41, 5.74) is 4.89. The molecule has 0 bridgehead atoms. The van der Waals surface area contributed by atoms with Crippen molar-refractivity contribution < 1.29 is 9.90 Å². The lowest BCUT2D eigenvalue weighted by atomic mass is 10.0. The first-order valence-corrected chi connectivity index (χ1v) is 7.98. The molecule has 0 fully saturated rings. The summed E-state index contributed by atoms with van der Waals surface area (Å²) in [4.78, 5) is 15.4. The molecule has 5 heteroatoms. The van der Waals surface area contributed by atoms with Crippen molar-refractivity contribution in [2.75, 3.05) is 17.2 Å². The average molecular weight is 333 g/mol. The first kappa shape index (κ1) is 16.7. The molecule has 5 nitrogen and oxygen atoms in total. The summed E-state index contributed by atoms with van der Waals surface area (Å²) in [7, 11) is 0. The molecule has 0 aliphatic heterocycles. The second-order valence-corrected chi connectivity index (χ2v) is 5.58. The monoisotopic (exact) mass is 333 g/mol. The number of rotatable bonds is 6. The van der Waals surface area contributed by atoms with Crippen molar-refractivity contribution in [2.24, 2.45) is 0 Å². The van der Waals surface area contributed by atoms with Gasteiger partial charge in [-0.25, -0.2) is 0 Å². The Morgan fingerprint density at radius 1 is 0.960 bits per heavy atom. The highest BCUT2D eigenvalue weighted by atomic mass is 16.3. The lowest BCUT2D eigenvalue weighted by Crippen LogP contribution is -2.15. The number of carbonyl (C=O) groups excluding carboxylic acids is 1. The molecule has 0 radical (unpaired) electrons. The van der Waals surface area contributed by atoms with Gasteiger partial charge in [-0.05, 0) is 47.0 Å². The van der Waals surface area contributed by atoms with Crippen molar-refractivity contribution in [2.45, 2.75) is 6.54 Å². The standard InChI is InChI=1S/C20H19N3O2/c24-14-20(25)23-19-8-2-7-18(11-19)22-12-15-4-1-5-16(10-15)17-6-3-9-21-13-17/h1-11,13,22,24H,12,14H2,(H,23,25). The third-order valence-corrected chi connectivity index (χ3v) is 3.71. The highest BCUT2D eigenvalue weighted by Gasteiger charge is 2.02. The Bertz CT molecular complexity index is 850. The Hall–Kier alpha value is -3.18. The van der Waals surface area contributed by atoms with Gasteiger partial charge in [-0.2, -0.15) is 0 Å². The molecular formula is C20H19N3O2. The topological polar surface area (TPSA) is 74.2 Å². The van der Waals surface area contributed by atoms with Crippen molar-refractivity contribution in [3.63, 3.8) is 0 Å². The normalized spacial score (nSPS) is 10.3. The molecule has 25 heavy (non-hydrogen) atoms. The number of pyridine rings is 1. The van der Waals surface area contributed by atoms with E-state index in [-0.39, 0.29) is 0 Å². The highest BCUT2D eigenvalue weighted by molar-refractivity contribution is 5.91. The molecule has 0 saturated heterocycles. The van der Waals surface area contributed by atoms with Gasteiger partial charge in [0.1, 0.15) is 6.61 Å². The van der Waals surface area contributed by atoms with Gasteiger partial charge in [0.2, 0.25) is 5.91 Å². The van der Waals surface area contributed by atoms with Gasteiger partial charge in [-0.3, -0.25) is 9.78 Å². The second-order valence-electron chi connectivity index (χ2n) is 5.58. The number of anilines is 2. The molecule has 0 spiro atoms. The first-order chi connectivity index (χ1) is 12.2. The SMILES string of the molecule is O=C(CO)Nc1cccc(NCc2cccc(-c3cccnc3)c2)c1. The van der Waals surface area contributed by atoms with Crippen LogP contribution in [0.5, 0.6) is 0 Å². The maximum atomic E-state index is 11.3. The summed E-state index contributed by atoms with van der Waals surface area (Å²) >= 11 is 0. The molecule has 126 valence electrons. The minimum absolute atomic E-state index is 0.429. The maximum absolute atomic E-state index is 11.3. The first-order valence-electron chi connectivity index (χ1n) is 7.98. The molecule has 3 aromatic rings. The fourth-order valence-electron chi connectivity index (χ4n) is 2.51. The van der Waals surface area contributed by atoms with Gasteiger partial charge in [0.15, 0.2) is 0 Å². The van der Waals surface area contributed by atoms with E-state index in [2.05, 4.69) is 33.8 Å². The predicted octanol–water partition coefficient (Wildman–Crippen LogP) is 3.29. The molecular weight excluding hydrogens is 314 g/mol. The van der Waals surface area contributed by atoms with Crippen LogP contribution in [0.1, 0.15) is 5.56 Å². The summed E-state index contributed by atoms with van der Waals surface area (Å²) in [6.07, 6.45) is 3.61. The summed E-state index contributed by atoms with van der Waals surface area (Å²) in [6, 6.07) is 19.6. The number of nitrogens with one attached hydrogen (secondary N) is 2. The van der Waals surface area contributed by atoms with Crippen LogP contribution in [0, 0.1) is 0 Å². The minimum atomic E-state index is -0.529. The summed E-state index contributed by atoms with van der Waals surface area (Å²) < 4.78 is 0. The second kappa shape index (κ2) is 8.08. The third kappa shape index (κ3) is 4.65. The average Bonchev–Trinajstić information content (AvgIpc) is 2.67. The molecule has 0 aliphatic rings. The Balaban J connectivity index is 1.68. The number of aliphatic hydroxyl groups is 1. The van der Waals surface area contributed by atoms with E-state index in [1.807, 2.05) is 42.6 Å². The van der Waals surface area contributed by atoms with E-state index in [0.717, 1.165) is 22.4 Å². The number of hydrogen-bond donors (Lipinski definition) is 3. The van der Waals surface area contributed by atoms with Crippen LogP contribution in [0.2, 0.25) is 0 Å². The van der Waals surface area contributed by atoms with E-state index < -0.39 is 12.5 Å². The summed E-state index contributed by atoms with van der Waals surface area (Å²) in [5, 5.41) is 14.8. The summed E-state index contributed by atoms with van der Waals surface area (Å²) in [6.45, 7) is 0.129. The van der Waals surface area contributed by atoms with Crippen molar-refractivity contribution >= 4 is 17.3 Å². The number of aliphatic hydroxyl groups excluding tert-OH is 1. The predicted molar refractivity (Wildman–Crippen MR) is 99.2 cm³/mol. The molecule has 1 aromatic heterocycles. The number of aromatic nitrogens is 1. The molecule has 1 amide bonds. The number of amides is 1. The van der Waals surface area contributed by atoms with E-state index >= 15 is 0 Å². The van der Waals surface area contributed by atoms with Gasteiger partial charge in [0, 0.05) is 30.3 Å². The molecule has 1 heterocycles. The van der Waals surface area contributed by atoms with Crippen molar-refractivity contribution in [1.29, 1.82) is 0 Å².